The second kappa shape index (κ2) is 8.91. The Morgan fingerprint density at radius 2 is 1.55 bits per heavy atom. The number of anilines is 1. The van der Waals surface area contributed by atoms with Crippen LogP contribution in [0.4, 0.5) is 5.69 Å². The topological polar surface area (TPSA) is 66.9 Å². The van der Waals surface area contributed by atoms with Gasteiger partial charge in [-0.1, -0.05) is 36.4 Å². The maximum Gasteiger partial charge on any atom is 0.343 e. The zero-order valence-corrected chi connectivity index (χ0v) is 18.1. The second-order valence-corrected chi connectivity index (χ2v) is 9.40. The lowest BCUT2D eigenvalue weighted by atomic mass is 10.2. The summed E-state index contributed by atoms with van der Waals surface area (Å²) in [5.74, 6) is -0.160. The summed E-state index contributed by atoms with van der Waals surface area (Å²) in [5, 5.41) is 0. The van der Waals surface area contributed by atoms with Crippen LogP contribution in [0.1, 0.15) is 15.9 Å². The van der Waals surface area contributed by atoms with E-state index in [1.54, 1.807) is 30.3 Å². The first kappa shape index (κ1) is 21.1. The molecule has 1 saturated heterocycles. The summed E-state index contributed by atoms with van der Waals surface area (Å²) in [4.78, 5) is 14.8. The Kier molecular flexibility index (Phi) is 6.06. The summed E-state index contributed by atoms with van der Waals surface area (Å²) >= 11 is 0. The number of aryl methyl sites for hydroxylation is 1. The highest BCUT2D eigenvalue weighted by molar-refractivity contribution is 7.89. The van der Waals surface area contributed by atoms with Crippen LogP contribution < -0.4 is 9.64 Å². The van der Waals surface area contributed by atoms with Gasteiger partial charge in [0.05, 0.1) is 10.5 Å². The summed E-state index contributed by atoms with van der Waals surface area (Å²) in [6.07, 6.45) is 0. The van der Waals surface area contributed by atoms with Crippen molar-refractivity contribution < 1.29 is 17.9 Å². The quantitative estimate of drug-likeness (QED) is 0.450. The van der Waals surface area contributed by atoms with Gasteiger partial charge in [-0.15, -0.1) is 0 Å². The van der Waals surface area contributed by atoms with Crippen molar-refractivity contribution in [1.82, 2.24) is 4.31 Å². The van der Waals surface area contributed by atoms with Crippen LogP contribution in [0.25, 0.3) is 0 Å². The first-order chi connectivity index (χ1) is 14.9. The predicted octanol–water partition coefficient (Wildman–Crippen LogP) is 3.73. The monoisotopic (exact) mass is 436 g/mol. The lowest BCUT2D eigenvalue weighted by molar-refractivity contribution is 0.0734. The largest absolute Gasteiger partial charge is 0.423 e. The van der Waals surface area contributed by atoms with Crippen molar-refractivity contribution in [1.29, 1.82) is 0 Å². The van der Waals surface area contributed by atoms with Gasteiger partial charge in [-0.2, -0.15) is 4.31 Å². The van der Waals surface area contributed by atoms with E-state index in [1.807, 2.05) is 43.3 Å². The standard InChI is InChI=1S/C24H24N2O4S/c1-19-7-5-11-22(17-19)30-24(27)20-8-6-12-23(18-20)31(28,29)26-15-13-25(14-16-26)21-9-3-2-4-10-21/h2-12,17-18H,13-16H2,1H3. The number of hydrogen-bond donors (Lipinski definition) is 0. The van der Waals surface area contributed by atoms with Gasteiger partial charge in [-0.3, -0.25) is 0 Å². The molecule has 3 aromatic rings. The number of carbonyl (C=O) groups excluding carboxylic acids is 1. The van der Waals surface area contributed by atoms with E-state index in [9.17, 15) is 13.2 Å². The van der Waals surface area contributed by atoms with Crippen LogP contribution >= 0.6 is 0 Å². The normalized spacial score (nSPS) is 14.9. The number of hydrogen-bond acceptors (Lipinski definition) is 5. The van der Waals surface area contributed by atoms with Crippen molar-refractivity contribution in [3.8, 4) is 5.75 Å². The van der Waals surface area contributed by atoms with Crippen molar-refractivity contribution in [2.24, 2.45) is 0 Å². The summed E-state index contributed by atoms with van der Waals surface area (Å²) in [6.45, 7) is 3.89. The van der Waals surface area contributed by atoms with Gasteiger partial charge in [-0.25, -0.2) is 13.2 Å². The van der Waals surface area contributed by atoms with E-state index in [-0.39, 0.29) is 10.5 Å². The van der Waals surface area contributed by atoms with Gasteiger partial charge in [0.2, 0.25) is 10.0 Å². The van der Waals surface area contributed by atoms with Crippen molar-refractivity contribution in [2.45, 2.75) is 11.8 Å². The van der Waals surface area contributed by atoms with Gasteiger partial charge in [0.15, 0.2) is 0 Å². The summed E-state index contributed by atoms with van der Waals surface area (Å²) in [5.41, 5.74) is 2.25. The molecule has 0 atom stereocenters. The number of esters is 1. The first-order valence-corrected chi connectivity index (χ1v) is 11.6. The molecule has 1 aliphatic rings. The molecule has 6 nitrogen and oxygen atoms in total. The molecule has 0 bridgehead atoms. The van der Waals surface area contributed by atoms with Gasteiger partial charge in [0.25, 0.3) is 0 Å². The average molecular weight is 437 g/mol. The molecule has 0 unspecified atom stereocenters. The second-order valence-electron chi connectivity index (χ2n) is 7.46. The molecule has 0 aliphatic carbocycles. The molecule has 0 spiro atoms. The molecule has 1 heterocycles. The molecule has 0 saturated carbocycles. The highest BCUT2D eigenvalue weighted by atomic mass is 32.2. The van der Waals surface area contributed by atoms with E-state index < -0.39 is 16.0 Å². The van der Waals surface area contributed by atoms with Gasteiger partial charge in [0, 0.05) is 31.9 Å². The van der Waals surface area contributed by atoms with Gasteiger partial charge in [-0.05, 0) is 55.0 Å². The van der Waals surface area contributed by atoms with Gasteiger partial charge >= 0.3 is 5.97 Å². The number of nitrogens with zero attached hydrogens (tertiary/aromatic N) is 2. The van der Waals surface area contributed by atoms with Crippen molar-refractivity contribution in [3.05, 3.63) is 90.0 Å². The van der Waals surface area contributed by atoms with Crippen molar-refractivity contribution >= 4 is 21.7 Å². The highest BCUT2D eigenvalue weighted by Gasteiger charge is 2.29. The number of piperazine rings is 1. The van der Waals surface area contributed by atoms with Gasteiger partial charge in [0.1, 0.15) is 5.75 Å². The Bertz CT molecular complexity index is 1170. The maximum atomic E-state index is 13.2. The minimum Gasteiger partial charge on any atom is -0.423 e. The molecule has 7 heteroatoms. The van der Waals surface area contributed by atoms with Crippen LogP contribution in [0.5, 0.6) is 5.75 Å². The Morgan fingerprint density at radius 1 is 0.839 bits per heavy atom. The third-order valence-corrected chi connectivity index (χ3v) is 7.16. The lowest BCUT2D eigenvalue weighted by Gasteiger charge is -2.35. The van der Waals surface area contributed by atoms with Crippen LogP contribution in [-0.4, -0.2) is 44.9 Å². The molecule has 31 heavy (non-hydrogen) atoms. The third-order valence-electron chi connectivity index (χ3n) is 5.27. The van der Waals surface area contributed by atoms with Crippen LogP contribution in [0.2, 0.25) is 0 Å². The summed E-state index contributed by atoms with van der Waals surface area (Å²) < 4.78 is 33.2. The van der Waals surface area contributed by atoms with E-state index in [0.717, 1.165) is 11.3 Å². The third kappa shape index (κ3) is 4.78. The molecule has 0 amide bonds. The van der Waals surface area contributed by atoms with Gasteiger partial charge < -0.3 is 9.64 Å². The Balaban J connectivity index is 1.47. The minimum absolute atomic E-state index is 0.0966. The predicted molar refractivity (Wildman–Crippen MR) is 120 cm³/mol. The molecule has 1 fully saturated rings. The Hall–Kier alpha value is -3.16. The number of rotatable bonds is 5. The molecule has 0 aromatic heterocycles. The highest BCUT2D eigenvalue weighted by Crippen LogP contribution is 2.22. The number of ether oxygens (including phenoxy) is 1. The Labute approximate surface area is 182 Å². The average Bonchev–Trinajstić information content (AvgIpc) is 2.80. The van der Waals surface area contributed by atoms with E-state index in [1.165, 1.54) is 16.4 Å². The zero-order chi connectivity index (χ0) is 21.8. The number of benzene rings is 3. The summed E-state index contributed by atoms with van der Waals surface area (Å²) in [6, 6.07) is 23.1. The van der Waals surface area contributed by atoms with E-state index in [4.69, 9.17) is 4.74 Å². The number of sulfonamides is 1. The molecule has 4 rings (SSSR count). The minimum atomic E-state index is -3.70. The molecule has 3 aromatic carbocycles. The first-order valence-electron chi connectivity index (χ1n) is 10.1. The maximum absolute atomic E-state index is 13.2. The fraction of sp³-hybridized carbons (Fsp3) is 0.208. The Morgan fingerprint density at radius 3 is 2.26 bits per heavy atom. The van der Waals surface area contributed by atoms with E-state index in [0.29, 0.717) is 31.9 Å². The van der Waals surface area contributed by atoms with Crippen LogP contribution in [-0.2, 0) is 10.0 Å². The smallest absolute Gasteiger partial charge is 0.343 e. The van der Waals surface area contributed by atoms with E-state index in [2.05, 4.69) is 4.90 Å². The molecule has 0 N–H and O–H groups in total. The van der Waals surface area contributed by atoms with Crippen LogP contribution in [0, 0.1) is 6.92 Å². The summed E-state index contributed by atoms with van der Waals surface area (Å²) in [7, 11) is -3.70. The molecule has 1 aliphatic heterocycles. The molecular weight excluding hydrogens is 412 g/mol. The SMILES string of the molecule is Cc1cccc(OC(=O)c2cccc(S(=O)(=O)N3CCN(c4ccccc4)CC3)c2)c1. The number of para-hydroxylation sites is 1. The molecular formula is C24H24N2O4S. The fourth-order valence-electron chi connectivity index (χ4n) is 3.60. The van der Waals surface area contributed by atoms with E-state index >= 15 is 0 Å². The van der Waals surface area contributed by atoms with Crippen molar-refractivity contribution in [3.63, 3.8) is 0 Å². The number of carbonyl (C=O) groups is 1. The van der Waals surface area contributed by atoms with Crippen LogP contribution in [0.3, 0.4) is 0 Å². The zero-order valence-electron chi connectivity index (χ0n) is 17.3. The van der Waals surface area contributed by atoms with Crippen LogP contribution in [0.15, 0.2) is 83.8 Å². The van der Waals surface area contributed by atoms with Crippen molar-refractivity contribution in [2.75, 3.05) is 31.1 Å². The molecule has 0 radical (unpaired) electrons. The lowest BCUT2D eigenvalue weighted by Crippen LogP contribution is -2.48. The fourth-order valence-corrected chi connectivity index (χ4v) is 5.07. The molecule has 160 valence electrons.